The van der Waals surface area contributed by atoms with Crippen LogP contribution in [0.3, 0.4) is 0 Å². The van der Waals surface area contributed by atoms with Crippen LogP contribution in [0.1, 0.15) is 16.7 Å². The van der Waals surface area contributed by atoms with Gasteiger partial charge in [0.05, 0.1) is 11.4 Å². The first-order valence-electron chi connectivity index (χ1n) is 8.98. The largest absolute Gasteiger partial charge is 0.455 e. The van der Waals surface area contributed by atoms with Crippen molar-refractivity contribution in [3.63, 3.8) is 0 Å². The van der Waals surface area contributed by atoms with E-state index in [0.29, 0.717) is 11.7 Å². The maximum absolute atomic E-state index is 12.0. The third kappa shape index (κ3) is 5.89. The number of amides is 1. The second-order valence-electron chi connectivity index (χ2n) is 6.37. The fourth-order valence-corrected chi connectivity index (χ4v) is 3.21. The van der Waals surface area contributed by atoms with Crippen LogP contribution in [0.2, 0.25) is 0 Å². The van der Waals surface area contributed by atoms with Gasteiger partial charge in [-0.2, -0.15) is 4.68 Å². The van der Waals surface area contributed by atoms with Crippen LogP contribution in [0.25, 0.3) is 5.69 Å². The molecule has 150 valence electrons. The molecule has 1 heterocycles. The molecule has 0 saturated heterocycles. The van der Waals surface area contributed by atoms with Gasteiger partial charge in [0, 0.05) is 6.54 Å². The Bertz CT molecular complexity index is 991. The molecule has 1 amide bonds. The summed E-state index contributed by atoms with van der Waals surface area (Å²) in [6.07, 6.45) is 0. The Morgan fingerprint density at radius 2 is 1.93 bits per heavy atom. The van der Waals surface area contributed by atoms with E-state index in [0.717, 1.165) is 34.1 Å². The molecule has 0 saturated carbocycles. The van der Waals surface area contributed by atoms with Gasteiger partial charge in [0.25, 0.3) is 5.91 Å². The summed E-state index contributed by atoms with van der Waals surface area (Å²) in [7, 11) is 0. The number of aryl methyl sites for hydroxylation is 2. The van der Waals surface area contributed by atoms with Crippen LogP contribution < -0.4 is 5.32 Å². The summed E-state index contributed by atoms with van der Waals surface area (Å²) in [5.74, 6) is -0.871. The third-order valence-electron chi connectivity index (χ3n) is 4.05. The molecule has 2 aromatic carbocycles. The summed E-state index contributed by atoms with van der Waals surface area (Å²) in [5.41, 5.74) is 3.92. The summed E-state index contributed by atoms with van der Waals surface area (Å²) < 4.78 is 6.62. The summed E-state index contributed by atoms with van der Waals surface area (Å²) in [5, 5.41) is 14.9. The number of thioether (sulfide) groups is 1. The number of nitrogens with one attached hydrogen (secondary N) is 1. The van der Waals surface area contributed by atoms with Crippen molar-refractivity contribution in [1.82, 2.24) is 25.5 Å². The molecule has 1 aromatic heterocycles. The number of hydrogen-bond acceptors (Lipinski definition) is 7. The lowest BCUT2D eigenvalue weighted by Gasteiger charge is -2.09. The quantitative estimate of drug-likeness (QED) is 0.448. The monoisotopic (exact) mass is 411 g/mol. The van der Waals surface area contributed by atoms with Crippen molar-refractivity contribution in [2.45, 2.75) is 25.5 Å². The van der Waals surface area contributed by atoms with Crippen LogP contribution in [0.5, 0.6) is 0 Å². The number of ether oxygens (including phenoxy) is 1. The van der Waals surface area contributed by atoms with Crippen LogP contribution in [0, 0.1) is 13.8 Å². The van der Waals surface area contributed by atoms with Crippen molar-refractivity contribution in [1.29, 1.82) is 0 Å². The molecule has 0 aliphatic heterocycles. The van der Waals surface area contributed by atoms with Crippen LogP contribution >= 0.6 is 11.8 Å². The Kier molecular flexibility index (Phi) is 6.96. The summed E-state index contributed by atoms with van der Waals surface area (Å²) >= 11 is 1.15. The predicted molar refractivity (Wildman–Crippen MR) is 109 cm³/mol. The van der Waals surface area contributed by atoms with Crippen LogP contribution in [0.4, 0.5) is 0 Å². The Labute approximate surface area is 172 Å². The van der Waals surface area contributed by atoms with Crippen molar-refractivity contribution < 1.29 is 14.3 Å². The lowest BCUT2D eigenvalue weighted by atomic mass is 10.1. The SMILES string of the molecule is Cc1ccc(C)c(-n2nnnc2SCC(=O)OCC(=O)NCc2ccccc2)c1. The molecule has 0 spiro atoms. The number of nitrogens with zero attached hydrogens (tertiary/aromatic N) is 4. The number of hydrogen-bond donors (Lipinski definition) is 1. The number of esters is 1. The number of carbonyl (C=O) groups is 2. The van der Waals surface area contributed by atoms with Crippen molar-refractivity contribution >= 4 is 23.6 Å². The van der Waals surface area contributed by atoms with E-state index in [2.05, 4.69) is 20.8 Å². The number of tetrazole rings is 1. The van der Waals surface area contributed by atoms with Crippen molar-refractivity contribution in [2.75, 3.05) is 12.4 Å². The minimum Gasteiger partial charge on any atom is -0.455 e. The maximum Gasteiger partial charge on any atom is 0.316 e. The van der Waals surface area contributed by atoms with Gasteiger partial charge in [-0.1, -0.05) is 54.2 Å². The van der Waals surface area contributed by atoms with Crippen LogP contribution in [-0.4, -0.2) is 44.4 Å². The predicted octanol–water partition coefficient (Wildman–Crippen LogP) is 2.23. The molecule has 0 aliphatic rings. The normalized spacial score (nSPS) is 10.6. The molecule has 0 radical (unpaired) electrons. The van der Waals surface area contributed by atoms with E-state index in [9.17, 15) is 9.59 Å². The van der Waals surface area contributed by atoms with Gasteiger partial charge >= 0.3 is 5.97 Å². The molecular weight excluding hydrogens is 390 g/mol. The highest BCUT2D eigenvalue weighted by Gasteiger charge is 2.14. The van der Waals surface area contributed by atoms with Gasteiger partial charge in [-0.25, -0.2) is 0 Å². The molecule has 0 aliphatic carbocycles. The van der Waals surface area contributed by atoms with Gasteiger partial charge in [-0.3, -0.25) is 9.59 Å². The molecule has 29 heavy (non-hydrogen) atoms. The minimum atomic E-state index is -0.514. The molecule has 8 nitrogen and oxygen atoms in total. The van der Waals surface area contributed by atoms with Crippen LogP contribution in [-0.2, 0) is 20.9 Å². The number of carbonyl (C=O) groups excluding carboxylic acids is 2. The fourth-order valence-electron chi connectivity index (χ4n) is 2.53. The first-order valence-corrected chi connectivity index (χ1v) is 9.96. The maximum atomic E-state index is 12.0. The lowest BCUT2D eigenvalue weighted by molar-refractivity contribution is -0.145. The van der Waals surface area contributed by atoms with Gasteiger partial charge in [0.1, 0.15) is 0 Å². The number of benzene rings is 2. The molecular formula is C20H21N5O3S. The van der Waals surface area contributed by atoms with E-state index in [1.165, 1.54) is 0 Å². The molecule has 0 unspecified atom stereocenters. The highest BCUT2D eigenvalue weighted by atomic mass is 32.2. The highest BCUT2D eigenvalue weighted by Crippen LogP contribution is 2.21. The van der Waals surface area contributed by atoms with Gasteiger partial charge in [-0.05, 0) is 47.0 Å². The van der Waals surface area contributed by atoms with Gasteiger partial charge in [-0.15, -0.1) is 5.10 Å². The topological polar surface area (TPSA) is 99.0 Å². The molecule has 9 heteroatoms. The zero-order chi connectivity index (χ0) is 20.6. The third-order valence-corrected chi connectivity index (χ3v) is 4.94. The number of rotatable bonds is 8. The molecule has 1 N–H and O–H groups in total. The Hall–Kier alpha value is -3.20. The first-order chi connectivity index (χ1) is 14.0. The molecule has 3 rings (SSSR count). The van der Waals surface area contributed by atoms with E-state index >= 15 is 0 Å². The average molecular weight is 411 g/mol. The van der Waals surface area contributed by atoms with Crippen molar-refractivity contribution in [3.8, 4) is 5.69 Å². The Morgan fingerprint density at radius 1 is 1.14 bits per heavy atom. The number of aromatic nitrogens is 4. The van der Waals surface area contributed by atoms with Gasteiger partial charge in [0.15, 0.2) is 6.61 Å². The smallest absolute Gasteiger partial charge is 0.316 e. The standard InChI is InChI=1S/C20H21N5O3S/c1-14-8-9-15(2)17(10-14)25-20(22-23-24-25)29-13-19(27)28-12-18(26)21-11-16-6-4-3-5-7-16/h3-10H,11-13H2,1-2H3,(H,21,26). The minimum absolute atomic E-state index is 0.00278. The molecule has 0 bridgehead atoms. The second kappa shape index (κ2) is 9.83. The summed E-state index contributed by atoms with van der Waals surface area (Å²) in [4.78, 5) is 23.8. The Morgan fingerprint density at radius 3 is 2.72 bits per heavy atom. The summed E-state index contributed by atoms with van der Waals surface area (Å²) in [6, 6.07) is 15.5. The van der Waals surface area contributed by atoms with E-state index < -0.39 is 5.97 Å². The van der Waals surface area contributed by atoms with E-state index in [1.54, 1.807) is 4.68 Å². The Balaban J connectivity index is 1.47. The molecule has 3 aromatic rings. The van der Waals surface area contributed by atoms with E-state index in [4.69, 9.17) is 4.74 Å². The zero-order valence-corrected chi connectivity index (χ0v) is 17.0. The van der Waals surface area contributed by atoms with Gasteiger partial charge < -0.3 is 10.1 Å². The highest BCUT2D eigenvalue weighted by molar-refractivity contribution is 7.99. The second-order valence-corrected chi connectivity index (χ2v) is 7.32. The van der Waals surface area contributed by atoms with Gasteiger partial charge in [0.2, 0.25) is 5.16 Å². The average Bonchev–Trinajstić information content (AvgIpc) is 3.20. The van der Waals surface area contributed by atoms with E-state index in [1.807, 2.05) is 62.4 Å². The first kappa shape index (κ1) is 20.5. The zero-order valence-electron chi connectivity index (χ0n) is 16.2. The summed E-state index contributed by atoms with van der Waals surface area (Å²) in [6.45, 7) is 4.01. The van der Waals surface area contributed by atoms with Crippen molar-refractivity contribution in [3.05, 3.63) is 65.2 Å². The van der Waals surface area contributed by atoms with Crippen molar-refractivity contribution in [2.24, 2.45) is 0 Å². The fraction of sp³-hybridized carbons (Fsp3) is 0.250. The van der Waals surface area contributed by atoms with Crippen LogP contribution in [0.15, 0.2) is 53.7 Å². The van der Waals surface area contributed by atoms with E-state index in [-0.39, 0.29) is 18.3 Å². The lowest BCUT2D eigenvalue weighted by Crippen LogP contribution is -2.28. The molecule has 0 atom stereocenters. The molecule has 0 fully saturated rings.